The number of hydrogen-bond donors (Lipinski definition) is 1. The van der Waals surface area contributed by atoms with E-state index in [0.29, 0.717) is 19.1 Å². The monoisotopic (exact) mass is 250 g/mol. The largest absolute Gasteiger partial charge is 0.472 e. The van der Waals surface area contributed by atoms with Gasteiger partial charge in [0.15, 0.2) is 0 Å². The molecule has 1 aromatic heterocycles. The third kappa shape index (κ3) is 4.63. The molecule has 0 spiro atoms. The van der Waals surface area contributed by atoms with E-state index in [1.807, 2.05) is 26.1 Å². The molecule has 2 rings (SSSR count). The van der Waals surface area contributed by atoms with Crippen molar-refractivity contribution in [1.29, 1.82) is 0 Å². The van der Waals surface area contributed by atoms with Crippen LogP contribution in [0.5, 0.6) is 5.88 Å². The van der Waals surface area contributed by atoms with Crippen LogP contribution in [0.25, 0.3) is 0 Å². The minimum atomic E-state index is 0.0351. The summed E-state index contributed by atoms with van der Waals surface area (Å²) in [7, 11) is 0. The zero-order valence-corrected chi connectivity index (χ0v) is 11.2. The highest BCUT2D eigenvalue weighted by Gasteiger charge is 2.19. The van der Waals surface area contributed by atoms with Gasteiger partial charge in [-0.15, -0.1) is 0 Å². The Hall–Kier alpha value is -1.13. The Morgan fingerprint density at radius 1 is 1.44 bits per heavy atom. The Morgan fingerprint density at radius 3 is 2.89 bits per heavy atom. The lowest BCUT2D eigenvalue weighted by molar-refractivity contribution is 0.0633. The number of rotatable bonds is 8. The molecule has 1 unspecified atom stereocenters. The van der Waals surface area contributed by atoms with Gasteiger partial charge in [-0.3, -0.25) is 0 Å². The molecule has 1 aromatic rings. The zero-order valence-electron chi connectivity index (χ0n) is 11.2. The van der Waals surface area contributed by atoms with Crippen molar-refractivity contribution in [3.05, 3.63) is 23.9 Å². The number of aromatic nitrogens is 1. The zero-order chi connectivity index (χ0) is 12.8. The van der Waals surface area contributed by atoms with Gasteiger partial charge in [-0.05, 0) is 32.3 Å². The second-order valence-electron chi connectivity index (χ2n) is 4.75. The molecule has 1 aliphatic carbocycles. The topological polar surface area (TPSA) is 43.4 Å². The van der Waals surface area contributed by atoms with Gasteiger partial charge in [0.2, 0.25) is 5.88 Å². The lowest BCUT2D eigenvalue weighted by atomic mass is 10.3. The average molecular weight is 250 g/mol. The van der Waals surface area contributed by atoms with E-state index in [1.165, 1.54) is 18.4 Å². The normalized spacial score (nSPS) is 16.6. The first-order chi connectivity index (χ1) is 8.78. The highest BCUT2D eigenvalue weighted by molar-refractivity contribution is 5.18. The molecule has 1 atom stereocenters. The van der Waals surface area contributed by atoms with Crippen molar-refractivity contribution in [3.63, 3.8) is 0 Å². The van der Waals surface area contributed by atoms with Gasteiger partial charge < -0.3 is 14.8 Å². The van der Waals surface area contributed by atoms with E-state index in [0.717, 1.165) is 12.6 Å². The van der Waals surface area contributed by atoms with Crippen molar-refractivity contribution in [1.82, 2.24) is 10.3 Å². The van der Waals surface area contributed by atoms with Gasteiger partial charge in [0.25, 0.3) is 0 Å². The summed E-state index contributed by atoms with van der Waals surface area (Å²) >= 11 is 0. The first kappa shape index (κ1) is 13.3. The fourth-order valence-electron chi connectivity index (χ4n) is 1.66. The highest BCUT2D eigenvalue weighted by Crippen LogP contribution is 2.19. The molecule has 0 aliphatic heterocycles. The maximum absolute atomic E-state index is 5.65. The summed E-state index contributed by atoms with van der Waals surface area (Å²) in [6.45, 7) is 6.18. The molecule has 0 bridgehead atoms. The molecule has 0 saturated heterocycles. The van der Waals surface area contributed by atoms with Crippen molar-refractivity contribution in [3.8, 4) is 5.88 Å². The lowest BCUT2D eigenvalue weighted by Crippen LogP contribution is -2.19. The van der Waals surface area contributed by atoms with Crippen LogP contribution < -0.4 is 10.1 Å². The molecule has 1 fully saturated rings. The van der Waals surface area contributed by atoms with Crippen LogP contribution >= 0.6 is 0 Å². The molecule has 1 heterocycles. The van der Waals surface area contributed by atoms with E-state index in [2.05, 4.69) is 16.4 Å². The van der Waals surface area contributed by atoms with Crippen LogP contribution in [0.1, 0.15) is 32.3 Å². The second kappa shape index (κ2) is 6.71. The van der Waals surface area contributed by atoms with Gasteiger partial charge in [-0.1, -0.05) is 6.07 Å². The predicted octanol–water partition coefficient (Wildman–Crippen LogP) is 2.14. The van der Waals surface area contributed by atoms with Gasteiger partial charge in [0.05, 0.1) is 6.61 Å². The van der Waals surface area contributed by atoms with E-state index in [4.69, 9.17) is 9.47 Å². The van der Waals surface area contributed by atoms with Gasteiger partial charge in [-0.2, -0.15) is 0 Å². The van der Waals surface area contributed by atoms with Crippen LogP contribution in [0.15, 0.2) is 18.3 Å². The fourth-order valence-corrected chi connectivity index (χ4v) is 1.66. The summed E-state index contributed by atoms with van der Waals surface area (Å²) < 4.78 is 11.0. The summed E-state index contributed by atoms with van der Waals surface area (Å²) in [5.74, 6) is 0.664. The summed E-state index contributed by atoms with van der Waals surface area (Å²) in [5, 5.41) is 3.46. The Kier molecular flexibility index (Phi) is 4.96. The molecular weight excluding hydrogens is 228 g/mol. The molecular formula is C14H22N2O2. The van der Waals surface area contributed by atoms with Gasteiger partial charge in [-0.25, -0.2) is 4.98 Å². The first-order valence-electron chi connectivity index (χ1n) is 6.70. The van der Waals surface area contributed by atoms with Crippen LogP contribution in [0, 0.1) is 0 Å². The van der Waals surface area contributed by atoms with E-state index in [9.17, 15) is 0 Å². The van der Waals surface area contributed by atoms with Gasteiger partial charge in [0.1, 0.15) is 6.10 Å². The Bertz CT molecular complexity index is 349. The van der Waals surface area contributed by atoms with Crippen molar-refractivity contribution in [2.45, 2.75) is 45.4 Å². The van der Waals surface area contributed by atoms with Crippen molar-refractivity contribution >= 4 is 0 Å². The maximum atomic E-state index is 5.65. The van der Waals surface area contributed by atoms with E-state index >= 15 is 0 Å². The van der Waals surface area contributed by atoms with Crippen molar-refractivity contribution in [2.24, 2.45) is 0 Å². The van der Waals surface area contributed by atoms with Gasteiger partial charge in [0, 0.05) is 31.5 Å². The van der Waals surface area contributed by atoms with E-state index in [-0.39, 0.29) is 6.10 Å². The minimum Gasteiger partial charge on any atom is -0.472 e. The molecule has 0 radical (unpaired) electrons. The predicted molar refractivity (Wildman–Crippen MR) is 70.7 cm³/mol. The molecule has 100 valence electrons. The lowest BCUT2D eigenvalue weighted by Gasteiger charge is -2.13. The van der Waals surface area contributed by atoms with Crippen molar-refractivity contribution < 1.29 is 9.47 Å². The number of nitrogens with one attached hydrogen (secondary N) is 1. The molecule has 0 aromatic carbocycles. The third-order valence-electron chi connectivity index (χ3n) is 2.85. The minimum absolute atomic E-state index is 0.0351. The second-order valence-corrected chi connectivity index (χ2v) is 4.75. The quantitative estimate of drug-likeness (QED) is 0.767. The average Bonchev–Trinajstić information content (AvgIpc) is 3.20. The Morgan fingerprint density at radius 2 is 2.28 bits per heavy atom. The number of pyridine rings is 1. The van der Waals surface area contributed by atoms with Crippen LogP contribution in [-0.4, -0.2) is 30.3 Å². The summed E-state index contributed by atoms with van der Waals surface area (Å²) in [6.07, 6.45) is 4.53. The Balaban J connectivity index is 1.75. The number of ether oxygens (including phenoxy) is 2. The summed E-state index contributed by atoms with van der Waals surface area (Å²) in [4.78, 5) is 4.31. The number of nitrogens with zero attached hydrogens (tertiary/aromatic N) is 1. The maximum Gasteiger partial charge on any atom is 0.213 e. The first-order valence-corrected chi connectivity index (χ1v) is 6.70. The molecule has 1 saturated carbocycles. The van der Waals surface area contributed by atoms with Crippen molar-refractivity contribution in [2.75, 3.05) is 13.2 Å². The highest BCUT2D eigenvalue weighted by atomic mass is 16.5. The number of hydrogen-bond acceptors (Lipinski definition) is 4. The molecule has 1 N–H and O–H groups in total. The SMILES string of the molecule is CCOCC(C)Oc1ccc(CNC2CC2)cn1. The smallest absolute Gasteiger partial charge is 0.213 e. The summed E-state index contributed by atoms with van der Waals surface area (Å²) in [6, 6.07) is 4.71. The van der Waals surface area contributed by atoms with E-state index in [1.54, 1.807) is 0 Å². The molecule has 0 amide bonds. The molecule has 4 heteroatoms. The van der Waals surface area contributed by atoms with Crippen LogP contribution in [0.3, 0.4) is 0 Å². The van der Waals surface area contributed by atoms with Crippen LogP contribution in [0.2, 0.25) is 0 Å². The Labute approximate surface area is 109 Å². The van der Waals surface area contributed by atoms with Crippen LogP contribution in [0.4, 0.5) is 0 Å². The van der Waals surface area contributed by atoms with Gasteiger partial charge >= 0.3 is 0 Å². The molecule has 4 nitrogen and oxygen atoms in total. The fraction of sp³-hybridized carbons (Fsp3) is 0.643. The molecule has 1 aliphatic rings. The molecule has 18 heavy (non-hydrogen) atoms. The van der Waals surface area contributed by atoms with Crippen LogP contribution in [-0.2, 0) is 11.3 Å². The van der Waals surface area contributed by atoms with E-state index < -0.39 is 0 Å². The standard InChI is InChI=1S/C14H22N2O2/c1-3-17-10-11(2)18-14-7-4-12(9-16-14)8-15-13-5-6-13/h4,7,9,11,13,15H,3,5-6,8,10H2,1-2H3. The summed E-state index contributed by atoms with van der Waals surface area (Å²) in [5.41, 5.74) is 1.20. The third-order valence-corrected chi connectivity index (χ3v) is 2.85.